The fourth-order valence-electron chi connectivity index (χ4n) is 11.8. The normalized spacial score (nSPS) is 21.5. The smallest absolute Gasteiger partial charge is 0.266 e. The molecule has 5 aliphatic heterocycles. The van der Waals surface area contributed by atoms with E-state index in [2.05, 4.69) is 71.6 Å². The number of hydrogen-bond acceptors (Lipinski definition) is 16. The van der Waals surface area contributed by atoms with Crippen LogP contribution in [0.4, 0.5) is 0 Å². The highest BCUT2D eigenvalue weighted by Crippen LogP contribution is 2.45. The molecule has 0 aromatic heterocycles. The number of methoxy groups -OCH3 is 5. The zero-order chi connectivity index (χ0) is 76.0. The molecule has 1 saturated carbocycles. The highest BCUT2D eigenvalue weighted by Gasteiger charge is 2.52. The zero-order valence-electron chi connectivity index (χ0n) is 60.4. The minimum atomic E-state index is -0.498. The van der Waals surface area contributed by atoms with Crippen molar-refractivity contribution in [1.82, 2.24) is 21.5 Å². The summed E-state index contributed by atoms with van der Waals surface area (Å²) in [5.41, 5.74) is 7.04. The van der Waals surface area contributed by atoms with Gasteiger partial charge in [0.05, 0.1) is 6.61 Å². The maximum atomic E-state index is 12.2. The molecule has 6 fully saturated rings. The molecule has 14 rings (SSSR count). The van der Waals surface area contributed by atoms with E-state index >= 15 is 0 Å². The highest BCUT2D eigenvalue weighted by molar-refractivity contribution is 7.98. The lowest BCUT2D eigenvalue weighted by Gasteiger charge is -2.45. The van der Waals surface area contributed by atoms with E-state index in [1.807, 2.05) is 217 Å². The Morgan fingerprint density at radius 1 is 0.380 bits per heavy atom. The van der Waals surface area contributed by atoms with Gasteiger partial charge in [0, 0.05) is 90.2 Å². The molecule has 6 aliphatic rings. The second-order valence-corrected chi connectivity index (χ2v) is 30.4. The third kappa shape index (κ3) is 22.0. The summed E-state index contributed by atoms with van der Waals surface area (Å²) < 4.78 is 34.9. The van der Waals surface area contributed by atoms with Crippen molar-refractivity contribution in [2.45, 2.75) is 114 Å². The predicted octanol–water partition coefficient (Wildman–Crippen LogP) is 14.3. The summed E-state index contributed by atoms with van der Waals surface area (Å²) in [4.78, 5) is 61.5. The topological polar surface area (TPSA) is 168 Å². The predicted molar refractivity (Wildman–Crippen MR) is 433 cm³/mol. The first-order chi connectivity index (χ1) is 52.9. The van der Waals surface area contributed by atoms with E-state index in [1.54, 1.807) is 57.6 Å². The van der Waals surface area contributed by atoms with Crippen LogP contribution < -0.4 is 0 Å². The van der Waals surface area contributed by atoms with Gasteiger partial charge in [-0.2, -0.15) is 0 Å². The average Bonchev–Trinajstić information content (AvgIpc) is 0.757. The van der Waals surface area contributed by atoms with Crippen molar-refractivity contribution in [2.75, 3.05) is 47.9 Å². The quantitative estimate of drug-likeness (QED) is 0.0461. The molecular weight excluding hydrogens is 1470 g/mol. The van der Waals surface area contributed by atoms with Gasteiger partial charge in [-0.3, -0.25) is 45.5 Å². The molecule has 10 unspecified atom stereocenters. The highest BCUT2D eigenvalue weighted by atomic mass is 35.5. The maximum Gasteiger partial charge on any atom is 0.266 e. The van der Waals surface area contributed by atoms with Crippen LogP contribution in [-0.2, 0) is 59.2 Å². The van der Waals surface area contributed by atoms with E-state index in [0.717, 1.165) is 44.2 Å². The molecular formula is C86H84ClN5O11S5. The van der Waals surface area contributed by atoms with E-state index < -0.39 is 30.5 Å². The Balaban J connectivity index is 0.000000144. The fourth-order valence-corrected chi connectivity index (χ4v) is 17.3. The van der Waals surface area contributed by atoms with Crippen molar-refractivity contribution in [3.05, 3.63) is 281 Å². The Morgan fingerprint density at radius 2 is 0.704 bits per heavy atom. The van der Waals surface area contributed by atoms with Gasteiger partial charge in [0.15, 0.2) is 30.5 Å². The van der Waals surface area contributed by atoms with E-state index in [-0.39, 0.29) is 66.4 Å². The van der Waals surface area contributed by atoms with Crippen LogP contribution in [0.25, 0.3) is 0 Å². The van der Waals surface area contributed by atoms with Crippen molar-refractivity contribution >= 4 is 101 Å². The third-order valence-corrected chi connectivity index (χ3v) is 23.7. The van der Waals surface area contributed by atoms with Crippen LogP contribution in [0, 0.1) is 47.4 Å². The molecule has 556 valence electrons. The van der Waals surface area contributed by atoms with Crippen LogP contribution in [0.2, 0.25) is 5.02 Å². The standard InChI is InChI=1S/C19H17NO2S.C18H21NO2S.C18H15NO2S.C17H16ClNO2S.C14H15NO3S/c1-22-18-17(13-12-15-8-4-2-5-9-15)20(19(18)21)23-14-16-10-6-3-7-11-16;2*1-21-17-16(13-12-14-8-4-2-5-9-14)19(18(17)20)22-15-10-6-3-7-11-15;1-21-16-15(13-9-5-6-10-14(13)18)19(17(16)20)22-11-12-7-3-2-4-8-12;1-18-13-12(15(14(13)17)19-10-9-16)8-7-11-5-3-2-4-6-11/h2-11,17-18H,14H2,1H3;2,4-5,8-9,15-17H,3,6-7,10-11H2,1H3;2-11,16-17H,1H3;2-10,15-16H,11H2,1H3;2-6,12-13,16H,9-10H2,1H3. The Labute approximate surface area is 660 Å². The Kier molecular flexibility index (Phi) is 32.3. The lowest BCUT2D eigenvalue weighted by molar-refractivity contribution is -0.158. The number of β-lactam (4-membered cyclic amide) rings is 5. The maximum absolute atomic E-state index is 12.2. The molecule has 5 saturated heterocycles. The van der Waals surface area contributed by atoms with Crippen molar-refractivity contribution < 1.29 is 52.8 Å². The SMILES string of the molecule is COC1C(=O)N(SC2CCCCC2)C1C#Cc1ccccc1.COC1C(=O)N(SCCO)C1C#Cc1ccccc1.COC1C(=O)N(SCc2ccccc2)C1C#Cc1ccccc1.COC1C(=O)N(SCc2ccccc2)C1c1ccccc1Cl.COC1C(=O)N(Sc2ccccc2)C1C#Cc1ccccc1. The number of halogens is 1. The number of nitrogens with zero attached hydrogens (tertiary/aromatic N) is 5. The Morgan fingerprint density at radius 3 is 1.10 bits per heavy atom. The number of amides is 5. The summed E-state index contributed by atoms with van der Waals surface area (Å²) in [6.45, 7) is 0.0327. The number of carbonyl (C=O) groups excluding carboxylic acids is 5. The molecule has 0 radical (unpaired) electrons. The Hall–Kier alpha value is -8.85. The summed E-state index contributed by atoms with van der Waals surface area (Å²) in [5, 5.41) is 10.0. The van der Waals surface area contributed by atoms with Crippen molar-refractivity contribution in [3.63, 3.8) is 0 Å². The van der Waals surface area contributed by atoms with Crippen LogP contribution >= 0.6 is 71.3 Å². The fraction of sp³-hybridized carbons (Fsp3) is 0.291. The molecule has 5 amide bonds. The van der Waals surface area contributed by atoms with Crippen LogP contribution in [0.5, 0.6) is 0 Å². The van der Waals surface area contributed by atoms with Gasteiger partial charge in [-0.25, -0.2) is 0 Å². The van der Waals surface area contributed by atoms with Crippen LogP contribution in [0.15, 0.2) is 241 Å². The number of hydrogen-bond donors (Lipinski definition) is 1. The van der Waals surface area contributed by atoms with Gasteiger partial charge in [-0.15, -0.1) is 0 Å². The first-order valence-corrected chi connectivity index (χ1v) is 40.0. The van der Waals surface area contributed by atoms with Gasteiger partial charge in [-0.1, -0.05) is 248 Å². The molecule has 10 atom stereocenters. The van der Waals surface area contributed by atoms with Crippen molar-refractivity contribution in [1.29, 1.82) is 0 Å². The largest absolute Gasteiger partial charge is 0.395 e. The minimum Gasteiger partial charge on any atom is -0.395 e. The Bertz CT molecular complexity index is 4480. The molecule has 5 heterocycles. The molecule has 1 N–H and O–H groups in total. The van der Waals surface area contributed by atoms with Crippen molar-refractivity contribution in [3.8, 4) is 47.4 Å². The minimum absolute atomic E-state index is 0.00616. The molecule has 16 nitrogen and oxygen atoms in total. The monoisotopic (exact) mass is 1560 g/mol. The number of aliphatic hydroxyl groups is 1. The lowest BCUT2D eigenvalue weighted by Crippen LogP contribution is -2.62. The average molecular weight is 1560 g/mol. The molecule has 1 aliphatic carbocycles. The number of carbonyl (C=O) groups is 5. The summed E-state index contributed by atoms with van der Waals surface area (Å²) >= 11 is 13.6. The third-order valence-electron chi connectivity index (χ3n) is 17.6. The van der Waals surface area contributed by atoms with E-state index in [1.165, 1.54) is 98.1 Å². The van der Waals surface area contributed by atoms with Gasteiger partial charge in [0.2, 0.25) is 0 Å². The summed E-state index contributed by atoms with van der Waals surface area (Å²) in [6.07, 6.45) is 3.96. The molecule has 108 heavy (non-hydrogen) atoms. The molecule has 8 aromatic carbocycles. The first kappa shape index (κ1) is 81.7. The number of benzene rings is 8. The van der Waals surface area contributed by atoms with Gasteiger partial charge in [0.25, 0.3) is 29.5 Å². The van der Waals surface area contributed by atoms with Gasteiger partial charge < -0.3 is 28.8 Å². The molecule has 8 aromatic rings. The van der Waals surface area contributed by atoms with Gasteiger partial charge >= 0.3 is 0 Å². The zero-order valence-corrected chi connectivity index (χ0v) is 65.3. The second-order valence-electron chi connectivity index (χ2n) is 24.7. The number of aliphatic hydroxyl groups excluding tert-OH is 1. The van der Waals surface area contributed by atoms with Gasteiger partial charge in [-0.05, 0) is 156 Å². The van der Waals surface area contributed by atoms with Crippen LogP contribution in [-0.4, -0.2) is 164 Å². The first-order valence-electron chi connectivity index (χ1n) is 35.2. The van der Waals surface area contributed by atoms with E-state index in [9.17, 15) is 24.0 Å². The van der Waals surface area contributed by atoms with Gasteiger partial charge in [0.1, 0.15) is 30.2 Å². The van der Waals surface area contributed by atoms with E-state index in [4.69, 9.17) is 40.4 Å². The van der Waals surface area contributed by atoms with Crippen LogP contribution in [0.3, 0.4) is 0 Å². The molecule has 0 bridgehead atoms. The number of rotatable bonds is 19. The lowest BCUT2D eigenvalue weighted by atomic mass is 9.94. The summed E-state index contributed by atoms with van der Waals surface area (Å²) in [7, 11) is 7.76. The van der Waals surface area contributed by atoms with Crippen molar-refractivity contribution in [2.24, 2.45) is 0 Å². The summed E-state index contributed by atoms with van der Waals surface area (Å²) in [6, 6.07) is 75.6. The second kappa shape index (κ2) is 42.8. The number of ether oxygens (including phenoxy) is 5. The molecule has 22 heteroatoms. The molecule has 0 spiro atoms. The van der Waals surface area contributed by atoms with E-state index in [0.29, 0.717) is 16.0 Å². The summed E-state index contributed by atoms with van der Waals surface area (Å²) in [5.74, 6) is 26.9. The van der Waals surface area contributed by atoms with Crippen LogP contribution in [0.1, 0.15) is 77.1 Å².